The first-order valence-electron chi connectivity index (χ1n) is 5.20. The summed E-state index contributed by atoms with van der Waals surface area (Å²) in [7, 11) is 1.58. The Bertz CT molecular complexity index is 184. The summed E-state index contributed by atoms with van der Waals surface area (Å²) in [5.41, 5.74) is -0.905. The van der Waals surface area contributed by atoms with Gasteiger partial charge in [0.15, 0.2) is 0 Å². The van der Waals surface area contributed by atoms with Gasteiger partial charge in [-0.15, -0.1) is 0 Å². The van der Waals surface area contributed by atoms with Crippen LogP contribution in [0.15, 0.2) is 0 Å². The summed E-state index contributed by atoms with van der Waals surface area (Å²) in [6.07, 6.45) is 0.505. The number of hydrogen-bond donors (Lipinski definition) is 3. The van der Waals surface area contributed by atoms with Gasteiger partial charge in [0.1, 0.15) is 0 Å². The molecule has 0 aliphatic rings. The Kier molecular flexibility index (Phi) is 7.29. The van der Waals surface area contributed by atoms with Crippen LogP contribution in [-0.4, -0.2) is 50.0 Å². The quantitative estimate of drug-likeness (QED) is 0.513. The summed E-state index contributed by atoms with van der Waals surface area (Å²) in [6, 6.07) is 0. The molecule has 0 aliphatic heterocycles. The van der Waals surface area contributed by atoms with Crippen molar-refractivity contribution in [3.63, 3.8) is 0 Å². The van der Waals surface area contributed by atoms with Crippen LogP contribution in [-0.2, 0) is 9.53 Å². The van der Waals surface area contributed by atoms with Crippen molar-refractivity contribution < 1.29 is 14.6 Å². The van der Waals surface area contributed by atoms with E-state index in [1.54, 1.807) is 14.0 Å². The topological polar surface area (TPSA) is 70.6 Å². The fourth-order valence-electron chi connectivity index (χ4n) is 1.00. The molecule has 5 nitrogen and oxygen atoms in total. The number of nitrogens with one attached hydrogen (secondary N) is 2. The van der Waals surface area contributed by atoms with E-state index in [4.69, 9.17) is 4.74 Å². The molecule has 90 valence electrons. The predicted octanol–water partition coefficient (Wildman–Crippen LogP) is -0.500. The lowest BCUT2D eigenvalue weighted by Gasteiger charge is -2.23. The molecule has 1 amide bonds. The summed E-state index contributed by atoms with van der Waals surface area (Å²) in [4.78, 5) is 11.2. The van der Waals surface area contributed by atoms with Crippen LogP contribution in [0.2, 0.25) is 0 Å². The minimum absolute atomic E-state index is 0.102. The van der Waals surface area contributed by atoms with Gasteiger partial charge in [-0.05, 0) is 13.5 Å². The first-order chi connectivity index (χ1) is 7.02. The number of likely N-dealkylation sites (N-methyl/N-ethyl adjacent to an activating group) is 1. The zero-order valence-electron chi connectivity index (χ0n) is 9.80. The van der Waals surface area contributed by atoms with E-state index in [9.17, 15) is 9.90 Å². The molecule has 0 bridgehead atoms. The smallest absolute Gasteiger partial charge is 0.234 e. The number of rotatable bonds is 8. The lowest BCUT2D eigenvalue weighted by Crippen LogP contribution is -2.44. The van der Waals surface area contributed by atoms with Crippen molar-refractivity contribution in [2.45, 2.75) is 25.9 Å². The summed E-state index contributed by atoms with van der Waals surface area (Å²) in [5.74, 6) is -0.102. The number of carbonyl (C=O) groups is 1. The number of carbonyl (C=O) groups excluding carboxylic acids is 1. The summed E-state index contributed by atoms with van der Waals surface area (Å²) < 4.78 is 4.86. The van der Waals surface area contributed by atoms with Gasteiger partial charge >= 0.3 is 0 Å². The molecule has 0 aromatic heterocycles. The maximum Gasteiger partial charge on any atom is 0.234 e. The van der Waals surface area contributed by atoms with Gasteiger partial charge in [-0.1, -0.05) is 6.92 Å². The first kappa shape index (κ1) is 14.3. The lowest BCUT2D eigenvalue weighted by atomic mass is 10.0. The summed E-state index contributed by atoms with van der Waals surface area (Å²) in [5, 5.41) is 15.4. The highest BCUT2D eigenvalue weighted by atomic mass is 16.5. The van der Waals surface area contributed by atoms with Crippen molar-refractivity contribution >= 4 is 5.91 Å². The fourth-order valence-corrected chi connectivity index (χ4v) is 1.00. The molecule has 0 heterocycles. The van der Waals surface area contributed by atoms with Crippen molar-refractivity contribution in [3.05, 3.63) is 0 Å². The molecule has 15 heavy (non-hydrogen) atoms. The predicted molar refractivity (Wildman–Crippen MR) is 58.7 cm³/mol. The molecule has 0 rings (SSSR count). The second-order valence-electron chi connectivity index (χ2n) is 3.80. The van der Waals surface area contributed by atoms with Crippen molar-refractivity contribution in [1.29, 1.82) is 0 Å². The molecule has 3 N–H and O–H groups in total. The van der Waals surface area contributed by atoms with Crippen LogP contribution in [0, 0.1) is 0 Å². The third-order valence-corrected chi connectivity index (χ3v) is 2.05. The van der Waals surface area contributed by atoms with E-state index >= 15 is 0 Å². The highest BCUT2D eigenvalue weighted by Gasteiger charge is 2.20. The Balaban J connectivity index is 3.67. The average Bonchev–Trinajstić information content (AvgIpc) is 2.21. The molecule has 1 unspecified atom stereocenters. The van der Waals surface area contributed by atoms with Gasteiger partial charge in [-0.2, -0.15) is 0 Å². The first-order valence-corrected chi connectivity index (χ1v) is 5.20. The van der Waals surface area contributed by atoms with Gasteiger partial charge in [0.2, 0.25) is 5.91 Å². The molecule has 0 radical (unpaired) electrons. The van der Waals surface area contributed by atoms with E-state index in [0.717, 1.165) is 6.54 Å². The molecule has 0 saturated heterocycles. The Labute approximate surface area is 91.2 Å². The van der Waals surface area contributed by atoms with Gasteiger partial charge in [-0.3, -0.25) is 4.79 Å². The molecule has 0 fully saturated rings. The van der Waals surface area contributed by atoms with Gasteiger partial charge < -0.3 is 20.5 Å². The summed E-state index contributed by atoms with van der Waals surface area (Å²) in [6.45, 7) is 5.39. The van der Waals surface area contributed by atoms with Crippen LogP contribution in [0.4, 0.5) is 0 Å². The largest absolute Gasteiger partial charge is 0.388 e. The van der Waals surface area contributed by atoms with E-state index in [1.807, 2.05) is 6.92 Å². The van der Waals surface area contributed by atoms with Crippen LogP contribution in [0.1, 0.15) is 20.3 Å². The Morgan fingerprint density at radius 1 is 1.53 bits per heavy atom. The molecule has 0 aromatic rings. The van der Waals surface area contributed by atoms with Crippen LogP contribution < -0.4 is 10.6 Å². The Morgan fingerprint density at radius 3 is 2.73 bits per heavy atom. The number of ether oxygens (including phenoxy) is 1. The molecule has 1 atom stereocenters. The number of amides is 1. The number of aliphatic hydroxyl groups is 1. The van der Waals surface area contributed by atoms with E-state index < -0.39 is 5.60 Å². The van der Waals surface area contributed by atoms with Crippen molar-refractivity contribution in [2.24, 2.45) is 0 Å². The minimum Gasteiger partial charge on any atom is -0.388 e. The average molecular weight is 218 g/mol. The van der Waals surface area contributed by atoms with Crippen LogP contribution in [0.25, 0.3) is 0 Å². The minimum atomic E-state index is -0.905. The maximum atomic E-state index is 11.2. The molecular formula is C10H22N2O3. The van der Waals surface area contributed by atoms with Crippen LogP contribution in [0.3, 0.4) is 0 Å². The number of methoxy groups -OCH3 is 1. The van der Waals surface area contributed by atoms with Gasteiger partial charge in [-0.25, -0.2) is 0 Å². The van der Waals surface area contributed by atoms with Crippen molar-refractivity contribution in [2.75, 3.05) is 33.4 Å². The molecule has 0 saturated carbocycles. The van der Waals surface area contributed by atoms with Crippen molar-refractivity contribution in [3.8, 4) is 0 Å². The molecule has 0 spiro atoms. The highest BCUT2D eigenvalue weighted by Crippen LogP contribution is 2.06. The van der Waals surface area contributed by atoms with Crippen molar-refractivity contribution in [1.82, 2.24) is 10.6 Å². The molecule has 5 heteroatoms. The Morgan fingerprint density at radius 2 is 2.20 bits per heavy atom. The molecule has 0 aliphatic carbocycles. The normalized spacial score (nSPS) is 14.7. The second-order valence-corrected chi connectivity index (χ2v) is 3.80. The maximum absolute atomic E-state index is 11.2. The summed E-state index contributed by atoms with van der Waals surface area (Å²) >= 11 is 0. The standard InChI is InChI=1S/C10H22N2O3/c1-4-11-7-9(13)12-8-10(2,14)5-6-15-3/h11,14H,4-8H2,1-3H3,(H,12,13). The SMILES string of the molecule is CCNCC(=O)NCC(C)(O)CCOC. The van der Waals surface area contributed by atoms with Crippen LogP contribution >= 0.6 is 0 Å². The fraction of sp³-hybridized carbons (Fsp3) is 0.900. The van der Waals surface area contributed by atoms with Gasteiger partial charge in [0.25, 0.3) is 0 Å². The van der Waals surface area contributed by atoms with Gasteiger partial charge in [0, 0.05) is 26.7 Å². The highest BCUT2D eigenvalue weighted by molar-refractivity contribution is 5.78. The van der Waals surface area contributed by atoms with Gasteiger partial charge in [0.05, 0.1) is 12.1 Å². The monoisotopic (exact) mass is 218 g/mol. The van der Waals surface area contributed by atoms with Crippen LogP contribution in [0.5, 0.6) is 0 Å². The number of hydrogen-bond acceptors (Lipinski definition) is 4. The van der Waals surface area contributed by atoms with E-state index in [0.29, 0.717) is 13.0 Å². The van der Waals surface area contributed by atoms with E-state index in [1.165, 1.54) is 0 Å². The Hall–Kier alpha value is -0.650. The zero-order valence-corrected chi connectivity index (χ0v) is 9.80. The van der Waals surface area contributed by atoms with E-state index in [-0.39, 0.29) is 19.0 Å². The molecular weight excluding hydrogens is 196 g/mol. The third kappa shape index (κ3) is 8.35. The molecule has 0 aromatic carbocycles. The zero-order chi connectivity index (χ0) is 11.7. The third-order valence-electron chi connectivity index (χ3n) is 2.05. The second kappa shape index (κ2) is 7.62. The van der Waals surface area contributed by atoms with E-state index in [2.05, 4.69) is 10.6 Å². The lowest BCUT2D eigenvalue weighted by molar-refractivity contribution is -0.121.